The Morgan fingerprint density at radius 3 is 1.29 bits per heavy atom. The predicted octanol–water partition coefficient (Wildman–Crippen LogP) is 5.37. The molecule has 142 valence electrons. The summed E-state index contributed by atoms with van der Waals surface area (Å²) < 4.78 is 10.5. The highest BCUT2D eigenvalue weighted by Crippen LogP contribution is 2.38. The van der Waals surface area contributed by atoms with Gasteiger partial charge in [0.1, 0.15) is 0 Å². The molecule has 0 bridgehead atoms. The molecule has 3 aromatic rings. The van der Waals surface area contributed by atoms with Crippen LogP contribution in [0.25, 0.3) is 22.3 Å². The van der Waals surface area contributed by atoms with E-state index in [4.69, 9.17) is 9.47 Å². The quantitative estimate of drug-likeness (QED) is 0.544. The fourth-order valence-corrected chi connectivity index (χ4v) is 3.17. The first kappa shape index (κ1) is 19.4. The topological polar surface area (TPSA) is 52.6 Å². The predicted molar refractivity (Wildman–Crippen MR) is 109 cm³/mol. The molecule has 0 aliphatic carbocycles. The van der Waals surface area contributed by atoms with E-state index in [0.29, 0.717) is 22.3 Å². The van der Waals surface area contributed by atoms with Crippen LogP contribution in [-0.2, 0) is 9.47 Å². The maximum Gasteiger partial charge on any atom is 0.338 e. The van der Waals surface area contributed by atoms with Crippen LogP contribution in [0.4, 0.5) is 0 Å². The first-order chi connectivity index (χ1) is 13.7. The molecule has 0 aliphatic heterocycles. The molecule has 0 saturated heterocycles. The molecule has 0 unspecified atom stereocenters. The van der Waals surface area contributed by atoms with Gasteiger partial charge in [0.25, 0.3) is 0 Å². The summed E-state index contributed by atoms with van der Waals surface area (Å²) >= 11 is 0. The van der Waals surface area contributed by atoms with E-state index < -0.39 is 11.9 Å². The largest absolute Gasteiger partial charge is 0.462 e. The molecule has 0 heterocycles. The van der Waals surface area contributed by atoms with Crippen molar-refractivity contribution in [1.82, 2.24) is 0 Å². The summed E-state index contributed by atoms with van der Waals surface area (Å²) in [4.78, 5) is 25.4. The zero-order valence-corrected chi connectivity index (χ0v) is 16.0. The number of rotatable bonds is 6. The summed E-state index contributed by atoms with van der Waals surface area (Å²) in [5.74, 6) is -0.845. The van der Waals surface area contributed by atoms with Crippen molar-refractivity contribution >= 4 is 11.9 Å². The Balaban J connectivity index is 2.37. The summed E-state index contributed by atoms with van der Waals surface area (Å²) in [7, 11) is 0. The van der Waals surface area contributed by atoms with Crippen LogP contribution in [0, 0.1) is 0 Å². The average Bonchev–Trinajstić information content (AvgIpc) is 2.74. The highest BCUT2D eigenvalue weighted by atomic mass is 16.5. The van der Waals surface area contributed by atoms with Crippen molar-refractivity contribution < 1.29 is 19.1 Å². The van der Waals surface area contributed by atoms with E-state index in [2.05, 4.69) is 0 Å². The van der Waals surface area contributed by atoms with E-state index in [-0.39, 0.29) is 13.2 Å². The lowest BCUT2D eigenvalue weighted by molar-refractivity contribution is 0.0513. The summed E-state index contributed by atoms with van der Waals surface area (Å²) in [6, 6.07) is 22.4. The molecule has 0 aliphatic rings. The third-order valence-electron chi connectivity index (χ3n) is 4.32. The number of carbonyl (C=O) groups excluding carboxylic acids is 2. The van der Waals surface area contributed by atoms with Crippen molar-refractivity contribution in [1.29, 1.82) is 0 Å². The Labute approximate surface area is 164 Å². The maximum absolute atomic E-state index is 12.7. The number of benzene rings is 3. The van der Waals surface area contributed by atoms with Crippen LogP contribution in [0.5, 0.6) is 0 Å². The van der Waals surface area contributed by atoms with Crippen LogP contribution in [0.15, 0.2) is 72.8 Å². The lowest BCUT2D eigenvalue weighted by Gasteiger charge is -2.18. The van der Waals surface area contributed by atoms with Gasteiger partial charge in [-0.25, -0.2) is 9.59 Å². The van der Waals surface area contributed by atoms with Gasteiger partial charge in [0.05, 0.1) is 24.3 Å². The zero-order valence-electron chi connectivity index (χ0n) is 16.0. The van der Waals surface area contributed by atoms with Crippen molar-refractivity contribution in [2.45, 2.75) is 13.8 Å². The highest BCUT2D eigenvalue weighted by molar-refractivity contribution is 6.08. The fourth-order valence-electron chi connectivity index (χ4n) is 3.17. The van der Waals surface area contributed by atoms with E-state index in [0.717, 1.165) is 11.1 Å². The first-order valence-electron chi connectivity index (χ1n) is 9.29. The number of carbonyl (C=O) groups is 2. The van der Waals surface area contributed by atoms with Gasteiger partial charge in [-0.1, -0.05) is 60.7 Å². The second-order valence-electron chi connectivity index (χ2n) is 6.08. The second kappa shape index (κ2) is 9.00. The van der Waals surface area contributed by atoms with E-state index in [1.165, 1.54) is 0 Å². The molecule has 0 radical (unpaired) electrons. The Hall–Kier alpha value is -3.40. The highest BCUT2D eigenvalue weighted by Gasteiger charge is 2.24. The van der Waals surface area contributed by atoms with E-state index in [1.54, 1.807) is 26.0 Å². The van der Waals surface area contributed by atoms with E-state index >= 15 is 0 Å². The molecule has 0 spiro atoms. The molecule has 0 saturated carbocycles. The van der Waals surface area contributed by atoms with Crippen LogP contribution in [0.2, 0.25) is 0 Å². The summed E-state index contributed by atoms with van der Waals surface area (Å²) in [5.41, 5.74) is 3.82. The van der Waals surface area contributed by atoms with E-state index in [1.807, 2.05) is 60.7 Å². The molecule has 0 aromatic heterocycles. The summed E-state index contributed by atoms with van der Waals surface area (Å²) in [6.45, 7) is 4.08. The van der Waals surface area contributed by atoms with Gasteiger partial charge in [0, 0.05) is 11.1 Å². The molecule has 0 N–H and O–H groups in total. The third kappa shape index (κ3) is 3.96. The van der Waals surface area contributed by atoms with Crippen LogP contribution in [-0.4, -0.2) is 25.2 Å². The van der Waals surface area contributed by atoms with Gasteiger partial charge >= 0.3 is 11.9 Å². The molecule has 0 fully saturated rings. The Bertz CT molecular complexity index is 882. The smallest absolute Gasteiger partial charge is 0.338 e. The maximum atomic E-state index is 12.7. The monoisotopic (exact) mass is 374 g/mol. The first-order valence-corrected chi connectivity index (χ1v) is 9.29. The minimum Gasteiger partial charge on any atom is -0.462 e. The standard InChI is InChI=1S/C24H22O4/c1-3-27-23(25)19-15-16-20(24(26)28-4-2)22(18-13-9-6-10-14-18)21(19)17-11-7-5-8-12-17/h5-16H,3-4H2,1-2H3. The summed E-state index contributed by atoms with van der Waals surface area (Å²) in [5, 5.41) is 0. The van der Waals surface area contributed by atoms with Gasteiger partial charge in [-0.05, 0) is 37.1 Å². The second-order valence-corrected chi connectivity index (χ2v) is 6.08. The summed E-state index contributed by atoms with van der Waals surface area (Å²) in [6.07, 6.45) is 0. The Morgan fingerprint density at radius 2 is 0.964 bits per heavy atom. The van der Waals surface area contributed by atoms with Crippen molar-refractivity contribution in [3.63, 3.8) is 0 Å². The molecule has 3 aromatic carbocycles. The van der Waals surface area contributed by atoms with Gasteiger partial charge in [0.2, 0.25) is 0 Å². The van der Waals surface area contributed by atoms with Crippen LogP contribution in [0.3, 0.4) is 0 Å². The van der Waals surface area contributed by atoms with Crippen LogP contribution in [0.1, 0.15) is 34.6 Å². The fraction of sp³-hybridized carbons (Fsp3) is 0.167. The average molecular weight is 374 g/mol. The minimum absolute atomic E-state index is 0.271. The molecule has 28 heavy (non-hydrogen) atoms. The number of hydrogen-bond donors (Lipinski definition) is 0. The van der Waals surface area contributed by atoms with Gasteiger partial charge in [-0.2, -0.15) is 0 Å². The van der Waals surface area contributed by atoms with Crippen molar-refractivity contribution in [3.8, 4) is 22.3 Å². The number of ether oxygens (including phenoxy) is 2. The molecule has 3 rings (SSSR count). The van der Waals surface area contributed by atoms with Crippen molar-refractivity contribution in [2.75, 3.05) is 13.2 Å². The molecular weight excluding hydrogens is 352 g/mol. The molecule has 4 heteroatoms. The minimum atomic E-state index is -0.422. The number of hydrogen-bond acceptors (Lipinski definition) is 4. The van der Waals surface area contributed by atoms with Crippen LogP contribution >= 0.6 is 0 Å². The Kier molecular flexibility index (Phi) is 6.22. The van der Waals surface area contributed by atoms with E-state index in [9.17, 15) is 9.59 Å². The van der Waals surface area contributed by atoms with Gasteiger partial charge < -0.3 is 9.47 Å². The zero-order chi connectivity index (χ0) is 19.9. The number of esters is 2. The van der Waals surface area contributed by atoms with Crippen LogP contribution < -0.4 is 0 Å². The normalized spacial score (nSPS) is 10.4. The molecule has 0 amide bonds. The lowest BCUT2D eigenvalue weighted by Crippen LogP contribution is -2.12. The van der Waals surface area contributed by atoms with Gasteiger partial charge in [-0.3, -0.25) is 0 Å². The molecule has 4 nitrogen and oxygen atoms in total. The SMILES string of the molecule is CCOC(=O)c1ccc(C(=O)OCC)c(-c2ccccc2)c1-c1ccccc1. The third-order valence-corrected chi connectivity index (χ3v) is 4.32. The van der Waals surface area contributed by atoms with Gasteiger partial charge in [0.15, 0.2) is 0 Å². The molecular formula is C24H22O4. The van der Waals surface area contributed by atoms with Crippen molar-refractivity contribution in [2.24, 2.45) is 0 Å². The lowest BCUT2D eigenvalue weighted by atomic mass is 9.87. The van der Waals surface area contributed by atoms with Crippen molar-refractivity contribution in [3.05, 3.63) is 83.9 Å². The molecule has 0 atom stereocenters. The Morgan fingerprint density at radius 1 is 0.607 bits per heavy atom. The van der Waals surface area contributed by atoms with Gasteiger partial charge in [-0.15, -0.1) is 0 Å².